The largest absolute Gasteiger partial charge is 0.462 e. The van der Waals surface area contributed by atoms with Crippen LogP contribution in [0.4, 0.5) is 0 Å². The Morgan fingerprint density at radius 1 is 0.313 bits per heavy atom. The summed E-state index contributed by atoms with van der Waals surface area (Å²) in [7, 11) is 0. The number of rotatable bonds is 52. The number of allylic oxidation sites excluding steroid dienone is 10. The maximum absolute atomic E-state index is 12.7. The first-order valence-corrected chi connectivity index (χ1v) is 28.8. The van der Waals surface area contributed by atoms with E-state index >= 15 is 0 Å². The normalized spacial score (nSPS) is 12.5. The van der Waals surface area contributed by atoms with Gasteiger partial charge in [0.15, 0.2) is 6.10 Å². The molecule has 0 spiro atoms. The van der Waals surface area contributed by atoms with E-state index in [4.69, 9.17) is 14.2 Å². The molecule has 67 heavy (non-hydrogen) atoms. The topological polar surface area (TPSA) is 78.9 Å². The van der Waals surface area contributed by atoms with E-state index in [1.165, 1.54) is 161 Å². The second kappa shape index (κ2) is 55.7. The van der Waals surface area contributed by atoms with Crippen LogP contribution in [0.1, 0.15) is 290 Å². The van der Waals surface area contributed by atoms with E-state index in [9.17, 15) is 14.4 Å². The third kappa shape index (κ3) is 53.9. The molecule has 0 bridgehead atoms. The molecule has 0 aliphatic rings. The standard InChI is InChI=1S/C61H108O6/c1-4-7-10-13-16-19-20-21-22-23-24-25-26-27-28-29-30-31-32-33-34-35-36-37-38-39-40-43-45-48-51-54-60(63)66-57-58(67-61(64)55-52-49-46-42-18-15-12-9-6-3)56-65-59(62)53-50-47-44-41-17-14-11-8-5-2/h7,10,16,19,21-22,24-25,27-28,58H,4-6,8-9,11-15,17-18,20,23,26,29-57H2,1-3H3/b10-7-,19-16-,22-21-,25-24-,28-27-. The fourth-order valence-electron chi connectivity index (χ4n) is 8.24. The molecule has 1 atom stereocenters. The van der Waals surface area contributed by atoms with Crippen LogP contribution in [0.2, 0.25) is 0 Å². The third-order valence-corrected chi connectivity index (χ3v) is 12.5. The fourth-order valence-corrected chi connectivity index (χ4v) is 8.24. The predicted molar refractivity (Wildman–Crippen MR) is 288 cm³/mol. The molecule has 388 valence electrons. The Balaban J connectivity index is 4.00. The lowest BCUT2D eigenvalue weighted by molar-refractivity contribution is -0.167. The molecule has 0 aromatic rings. The highest BCUT2D eigenvalue weighted by atomic mass is 16.6. The molecule has 1 unspecified atom stereocenters. The molecule has 0 heterocycles. The smallest absolute Gasteiger partial charge is 0.306 e. The highest BCUT2D eigenvalue weighted by Crippen LogP contribution is 2.16. The van der Waals surface area contributed by atoms with Crippen LogP contribution in [0, 0.1) is 0 Å². The first-order chi connectivity index (χ1) is 33.0. The van der Waals surface area contributed by atoms with Crippen LogP contribution < -0.4 is 0 Å². The van der Waals surface area contributed by atoms with Gasteiger partial charge in [0, 0.05) is 19.3 Å². The van der Waals surface area contributed by atoms with E-state index < -0.39 is 6.10 Å². The molecule has 0 aliphatic carbocycles. The summed E-state index contributed by atoms with van der Waals surface area (Å²) >= 11 is 0. The van der Waals surface area contributed by atoms with E-state index in [0.29, 0.717) is 19.3 Å². The van der Waals surface area contributed by atoms with Gasteiger partial charge in [-0.25, -0.2) is 0 Å². The SMILES string of the molecule is CC/C=C\C/C=C\C/C=C\C/C=C\C/C=C\CCCCCCCCCCCCCCCCCC(=O)OCC(COC(=O)CCCCCCCCCCC)OC(=O)CCCCCCCCCCC. The quantitative estimate of drug-likeness (QED) is 0.0262. The molecule has 0 fully saturated rings. The van der Waals surface area contributed by atoms with Gasteiger partial charge in [-0.2, -0.15) is 0 Å². The molecular formula is C61H108O6. The lowest BCUT2D eigenvalue weighted by atomic mass is 10.0. The van der Waals surface area contributed by atoms with Crippen LogP contribution >= 0.6 is 0 Å². The number of carbonyl (C=O) groups excluding carboxylic acids is 3. The van der Waals surface area contributed by atoms with Gasteiger partial charge < -0.3 is 14.2 Å². The maximum atomic E-state index is 12.7. The van der Waals surface area contributed by atoms with Crippen molar-refractivity contribution in [3.63, 3.8) is 0 Å². The van der Waals surface area contributed by atoms with E-state index in [0.717, 1.165) is 89.9 Å². The summed E-state index contributed by atoms with van der Waals surface area (Å²) in [4.78, 5) is 37.8. The van der Waals surface area contributed by atoms with Crippen LogP contribution in [0.25, 0.3) is 0 Å². The van der Waals surface area contributed by atoms with Crippen molar-refractivity contribution >= 4 is 17.9 Å². The van der Waals surface area contributed by atoms with Crippen LogP contribution in [-0.4, -0.2) is 37.2 Å². The molecule has 0 aromatic heterocycles. The van der Waals surface area contributed by atoms with Crippen molar-refractivity contribution in [2.45, 2.75) is 297 Å². The zero-order chi connectivity index (χ0) is 48.6. The van der Waals surface area contributed by atoms with Crippen molar-refractivity contribution < 1.29 is 28.6 Å². The van der Waals surface area contributed by atoms with E-state index in [1.807, 2.05) is 0 Å². The van der Waals surface area contributed by atoms with Crippen molar-refractivity contribution in [2.75, 3.05) is 13.2 Å². The Morgan fingerprint density at radius 3 is 0.910 bits per heavy atom. The molecular weight excluding hydrogens is 829 g/mol. The van der Waals surface area contributed by atoms with Gasteiger partial charge in [-0.1, -0.05) is 268 Å². The van der Waals surface area contributed by atoms with Gasteiger partial charge in [0.05, 0.1) is 0 Å². The zero-order valence-electron chi connectivity index (χ0n) is 44.4. The molecule has 0 rings (SSSR count). The van der Waals surface area contributed by atoms with Gasteiger partial charge in [-0.05, 0) is 64.2 Å². The van der Waals surface area contributed by atoms with Crippen molar-refractivity contribution in [3.8, 4) is 0 Å². The first kappa shape index (κ1) is 64.1. The molecule has 0 saturated carbocycles. The van der Waals surface area contributed by atoms with E-state index in [1.54, 1.807) is 0 Å². The Hall–Kier alpha value is -2.89. The Bertz CT molecular complexity index is 1210. The van der Waals surface area contributed by atoms with Crippen molar-refractivity contribution in [1.82, 2.24) is 0 Å². The van der Waals surface area contributed by atoms with Crippen molar-refractivity contribution in [1.29, 1.82) is 0 Å². The molecule has 0 aromatic carbocycles. The minimum Gasteiger partial charge on any atom is -0.462 e. The summed E-state index contributed by atoms with van der Waals surface area (Å²) in [5, 5.41) is 0. The minimum absolute atomic E-state index is 0.0689. The Labute approximate surface area is 415 Å². The van der Waals surface area contributed by atoms with E-state index in [2.05, 4.69) is 81.5 Å². The maximum Gasteiger partial charge on any atom is 0.306 e. The fraction of sp³-hybridized carbons (Fsp3) is 0.787. The summed E-state index contributed by atoms with van der Waals surface area (Å²) in [5.74, 6) is -0.865. The molecule has 0 saturated heterocycles. The Morgan fingerprint density at radius 2 is 0.582 bits per heavy atom. The van der Waals surface area contributed by atoms with Crippen LogP contribution in [-0.2, 0) is 28.6 Å². The predicted octanol–water partition coefficient (Wildman–Crippen LogP) is 19.2. The first-order valence-electron chi connectivity index (χ1n) is 28.8. The van der Waals surface area contributed by atoms with Gasteiger partial charge >= 0.3 is 17.9 Å². The average molecular weight is 938 g/mol. The van der Waals surface area contributed by atoms with Crippen LogP contribution in [0.3, 0.4) is 0 Å². The van der Waals surface area contributed by atoms with Gasteiger partial charge in [-0.3, -0.25) is 14.4 Å². The minimum atomic E-state index is -0.765. The number of hydrogen-bond donors (Lipinski definition) is 0. The molecule has 0 radical (unpaired) electrons. The summed E-state index contributed by atoms with van der Waals surface area (Å²) < 4.78 is 16.8. The lowest BCUT2D eigenvalue weighted by Gasteiger charge is -2.18. The average Bonchev–Trinajstić information content (AvgIpc) is 3.33. The number of unbranched alkanes of at least 4 members (excludes halogenated alkanes) is 31. The lowest BCUT2D eigenvalue weighted by Crippen LogP contribution is -2.30. The summed E-state index contributed by atoms with van der Waals surface area (Å²) in [6.07, 6.45) is 69.6. The van der Waals surface area contributed by atoms with Gasteiger partial charge in [0.1, 0.15) is 13.2 Å². The summed E-state index contributed by atoms with van der Waals surface area (Å²) in [6, 6.07) is 0. The number of carbonyl (C=O) groups is 3. The van der Waals surface area contributed by atoms with Crippen molar-refractivity contribution in [2.24, 2.45) is 0 Å². The molecule has 6 heteroatoms. The number of ether oxygens (including phenoxy) is 3. The number of esters is 3. The second-order valence-corrected chi connectivity index (χ2v) is 19.2. The van der Waals surface area contributed by atoms with Gasteiger partial charge in [0.25, 0.3) is 0 Å². The van der Waals surface area contributed by atoms with Crippen LogP contribution in [0.15, 0.2) is 60.8 Å². The third-order valence-electron chi connectivity index (χ3n) is 12.5. The molecule has 6 nitrogen and oxygen atoms in total. The van der Waals surface area contributed by atoms with Gasteiger partial charge in [0.2, 0.25) is 0 Å². The van der Waals surface area contributed by atoms with Crippen molar-refractivity contribution in [3.05, 3.63) is 60.8 Å². The van der Waals surface area contributed by atoms with Gasteiger partial charge in [-0.15, -0.1) is 0 Å². The molecule has 0 N–H and O–H groups in total. The summed E-state index contributed by atoms with van der Waals surface area (Å²) in [6.45, 7) is 6.50. The zero-order valence-corrected chi connectivity index (χ0v) is 44.4. The van der Waals surface area contributed by atoms with Crippen LogP contribution in [0.5, 0.6) is 0 Å². The van der Waals surface area contributed by atoms with E-state index in [-0.39, 0.29) is 31.1 Å². The molecule has 0 aliphatic heterocycles. The highest BCUT2D eigenvalue weighted by Gasteiger charge is 2.19. The monoisotopic (exact) mass is 937 g/mol. The Kier molecular flexibility index (Phi) is 53.3. The molecule has 0 amide bonds. The second-order valence-electron chi connectivity index (χ2n) is 19.2. The highest BCUT2D eigenvalue weighted by molar-refractivity contribution is 5.71. The summed E-state index contributed by atoms with van der Waals surface area (Å²) in [5.41, 5.74) is 0. The number of hydrogen-bond acceptors (Lipinski definition) is 6.